The summed E-state index contributed by atoms with van der Waals surface area (Å²) in [6.07, 6.45) is 1.53. The Balaban J connectivity index is 1.79. The zero-order valence-electron chi connectivity index (χ0n) is 11.9. The summed E-state index contributed by atoms with van der Waals surface area (Å²) in [7, 11) is 0. The number of ether oxygens (including phenoxy) is 1. The van der Waals surface area contributed by atoms with E-state index in [4.69, 9.17) is 10.00 Å². The Kier molecular flexibility index (Phi) is 3.88. The van der Waals surface area contributed by atoms with Crippen molar-refractivity contribution in [2.45, 2.75) is 13.0 Å². The number of Topliss-reactive ketones (excluding diaryl/α,β-unsaturated/α-hetero) is 1. The third-order valence-electron chi connectivity index (χ3n) is 3.44. The number of ketones is 1. The van der Waals surface area contributed by atoms with Gasteiger partial charge in [-0.25, -0.2) is 0 Å². The highest BCUT2D eigenvalue weighted by atomic mass is 16.5. The maximum Gasteiger partial charge on any atom is 0.179 e. The molecule has 108 valence electrons. The molecule has 1 heterocycles. The summed E-state index contributed by atoms with van der Waals surface area (Å²) in [4.78, 5) is 14.9. The Bertz CT molecular complexity index is 844. The number of aromatic nitrogens is 1. The van der Waals surface area contributed by atoms with Crippen molar-refractivity contribution < 1.29 is 9.53 Å². The number of rotatable bonds is 5. The van der Waals surface area contributed by atoms with Crippen LogP contribution in [-0.2, 0) is 6.61 Å². The maximum atomic E-state index is 11.8. The van der Waals surface area contributed by atoms with Gasteiger partial charge in [0.2, 0.25) is 0 Å². The van der Waals surface area contributed by atoms with E-state index in [0.717, 1.165) is 22.2 Å². The van der Waals surface area contributed by atoms with Gasteiger partial charge in [0.05, 0.1) is 12.5 Å². The van der Waals surface area contributed by atoms with Crippen LogP contribution in [0.4, 0.5) is 0 Å². The fourth-order valence-corrected chi connectivity index (χ4v) is 2.33. The molecule has 0 amide bonds. The molecule has 22 heavy (non-hydrogen) atoms. The van der Waals surface area contributed by atoms with Crippen molar-refractivity contribution in [2.24, 2.45) is 0 Å². The van der Waals surface area contributed by atoms with E-state index in [0.29, 0.717) is 12.2 Å². The predicted molar refractivity (Wildman–Crippen MR) is 83.6 cm³/mol. The number of nitriles is 1. The van der Waals surface area contributed by atoms with E-state index in [1.54, 1.807) is 6.20 Å². The van der Waals surface area contributed by atoms with Crippen LogP contribution in [0.25, 0.3) is 10.9 Å². The van der Waals surface area contributed by atoms with Crippen molar-refractivity contribution >= 4 is 16.7 Å². The number of hydrogen-bond donors (Lipinski definition) is 1. The molecule has 0 aliphatic rings. The summed E-state index contributed by atoms with van der Waals surface area (Å²) in [5.74, 6) is 0.559. The lowest BCUT2D eigenvalue weighted by Crippen LogP contribution is -1.96. The number of H-pyrrole nitrogens is 1. The van der Waals surface area contributed by atoms with Crippen molar-refractivity contribution in [1.29, 1.82) is 5.26 Å². The van der Waals surface area contributed by atoms with Crippen molar-refractivity contribution in [3.63, 3.8) is 0 Å². The molecule has 0 unspecified atom stereocenters. The highest BCUT2D eigenvalue weighted by Gasteiger charge is 2.12. The zero-order valence-corrected chi connectivity index (χ0v) is 11.9. The number of aromatic amines is 1. The second-order valence-corrected chi connectivity index (χ2v) is 4.94. The van der Waals surface area contributed by atoms with E-state index in [9.17, 15) is 4.79 Å². The SMILES string of the molecule is N#CCC(=O)c1c[nH]c2cc(OCc3ccccc3)ccc12. The van der Waals surface area contributed by atoms with Gasteiger partial charge in [0, 0.05) is 28.7 Å². The number of nitrogens with zero attached hydrogens (tertiary/aromatic N) is 1. The summed E-state index contributed by atoms with van der Waals surface area (Å²) < 4.78 is 5.76. The topological polar surface area (TPSA) is 65.9 Å². The average molecular weight is 290 g/mol. The molecule has 0 aliphatic heterocycles. The largest absolute Gasteiger partial charge is 0.489 e. The molecule has 0 fully saturated rings. The molecule has 0 saturated carbocycles. The highest BCUT2D eigenvalue weighted by molar-refractivity contribution is 6.08. The number of carbonyl (C=O) groups excluding carboxylic acids is 1. The zero-order chi connectivity index (χ0) is 15.4. The van der Waals surface area contributed by atoms with Gasteiger partial charge < -0.3 is 9.72 Å². The van der Waals surface area contributed by atoms with Gasteiger partial charge in [0.15, 0.2) is 5.78 Å². The molecule has 0 aliphatic carbocycles. The van der Waals surface area contributed by atoms with Crippen molar-refractivity contribution in [1.82, 2.24) is 4.98 Å². The monoisotopic (exact) mass is 290 g/mol. The smallest absolute Gasteiger partial charge is 0.179 e. The van der Waals surface area contributed by atoms with Crippen LogP contribution in [0.2, 0.25) is 0 Å². The van der Waals surface area contributed by atoms with Crippen LogP contribution in [0.1, 0.15) is 22.3 Å². The number of hydrogen-bond acceptors (Lipinski definition) is 3. The fourth-order valence-electron chi connectivity index (χ4n) is 2.33. The van der Waals surface area contributed by atoms with Crippen LogP contribution in [-0.4, -0.2) is 10.8 Å². The van der Waals surface area contributed by atoms with Crippen LogP contribution >= 0.6 is 0 Å². The molecule has 0 radical (unpaired) electrons. The van der Waals surface area contributed by atoms with E-state index >= 15 is 0 Å². The minimum absolute atomic E-state index is 0.112. The molecule has 3 aromatic rings. The van der Waals surface area contributed by atoms with Gasteiger partial charge in [-0.3, -0.25) is 4.79 Å². The van der Waals surface area contributed by atoms with Gasteiger partial charge in [-0.15, -0.1) is 0 Å². The summed E-state index contributed by atoms with van der Waals surface area (Å²) in [5.41, 5.74) is 2.47. The van der Waals surface area contributed by atoms with Crippen LogP contribution in [0.3, 0.4) is 0 Å². The second-order valence-electron chi connectivity index (χ2n) is 4.94. The standard InChI is InChI=1S/C18H14N2O2/c19-9-8-18(21)16-11-20-17-10-14(6-7-15(16)17)22-12-13-4-2-1-3-5-13/h1-7,10-11,20H,8,12H2. The van der Waals surface area contributed by atoms with Gasteiger partial charge >= 0.3 is 0 Å². The van der Waals surface area contributed by atoms with E-state index in [1.807, 2.05) is 54.6 Å². The molecular weight excluding hydrogens is 276 g/mol. The Labute approximate surface area is 128 Å². The van der Waals surface area contributed by atoms with Gasteiger partial charge in [-0.05, 0) is 17.7 Å². The molecule has 0 saturated heterocycles. The van der Waals surface area contributed by atoms with E-state index < -0.39 is 0 Å². The summed E-state index contributed by atoms with van der Waals surface area (Å²) >= 11 is 0. The molecular formula is C18H14N2O2. The molecule has 4 heteroatoms. The normalized spacial score (nSPS) is 10.3. The van der Waals surface area contributed by atoms with Gasteiger partial charge in [0.1, 0.15) is 12.4 Å². The lowest BCUT2D eigenvalue weighted by atomic mass is 10.1. The second kappa shape index (κ2) is 6.15. The molecule has 1 aromatic heterocycles. The van der Waals surface area contributed by atoms with Gasteiger partial charge in [-0.2, -0.15) is 5.26 Å². The molecule has 4 nitrogen and oxygen atoms in total. The first-order chi connectivity index (χ1) is 10.8. The summed E-state index contributed by atoms with van der Waals surface area (Å²) in [6.45, 7) is 0.493. The Morgan fingerprint density at radius 1 is 1.18 bits per heavy atom. The van der Waals surface area contributed by atoms with Gasteiger partial charge in [0.25, 0.3) is 0 Å². The third-order valence-corrected chi connectivity index (χ3v) is 3.44. The van der Waals surface area contributed by atoms with Crippen LogP contribution in [0, 0.1) is 11.3 Å². The first-order valence-corrected chi connectivity index (χ1v) is 6.96. The Morgan fingerprint density at radius 3 is 2.77 bits per heavy atom. The Morgan fingerprint density at radius 2 is 2.00 bits per heavy atom. The van der Waals surface area contributed by atoms with Crippen molar-refractivity contribution in [3.05, 3.63) is 65.9 Å². The van der Waals surface area contributed by atoms with Crippen molar-refractivity contribution in [2.75, 3.05) is 0 Å². The van der Waals surface area contributed by atoms with Crippen LogP contribution in [0.5, 0.6) is 5.75 Å². The molecule has 1 N–H and O–H groups in total. The minimum atomic E-state index is -0.174. The third kappa shape index (κ3) is 2.84. The van der Waals surface area contributed by atoms with E-state index in [1.165, 1.54) is 0 Å². The minimum Gasteiger partial charge on any atom is -0.489 e. The Hall–Kier alpha value is -3.06. The molecule has 3 rings (SSSR count). The first-order valence-electron chi connectivity index (χ1n) is 6.96. The molecule has 0 atom stereocenters. The predicted octanol–water partition coefficient (Wildman–Crippen LogP) is 3.84. The molecule has 0 spiro atoms. The van der Waals surface area contributed by atoms with Gasteiger partial charge in [-0.1, -0.05) is 30.3 Å². The van der Waals surface area contributed by atoms with Crippen molar-refractivity contribution in [3.8, 4) is 11.8 Å². The average Bonchev–Trinajstić information content (AvgIpc) is 2.97. The maximum absolute atomic E-state index is 11.8. The highest BCUT2D eigenvalue weighted by Crippen LogP contribution is 2.24. The summed E-state index contributed by atoms with van der Waals surface area (Å²) in [6, 6.07) is 17.3. The lowest BCUT2D eigenvalue weighted by Gasteiger charge is -2.06. The number of benzene rings is 2. The van der Waals surface area contributed by atoms with Crippen LogP contribution < -0.4 is 4.74 Å². The first kappa shape index (κ1) is 13.9. The van der Waals surface area contributed by atoms with Crippen LogP contribution in [0.15, 0.2) is 54.7 Å². The number of nitrogens with one attached hydrogen (secondary N) is 1. The fraction of sp³-hybridized carbons (Fsp3) is 0.111. The number of carbonyl (C=O) groups is 1. The lowest BCUT2D eigenvalue weighted by molar-refractivity contribution is 0.0999. The van der Waals surface area contributed by atoms with E-state index in [-0.39, 0.29) is 12.2 Å². The quantitative estimate of drug-likeness (QED) is 0.726. The molecule has 2 aromatic carbocycles. The number of fused-ring (bicyclic) bond motifs is 1. The van der Waals surface area contributed by atoms with E-state index in [2.05, 4.69) is 4.98 Å². The molecule has 0 bridgehead atoms. The summed E-state index contributed by atoms with van der Waals surface area (Å²) in [5, 5.41) is 9.44.